The molecule has 0 aromatic heterocycles. The molecule has 0 aromatic carbocycles. The Hall–Kier alpha value is -1.20. The molecule has 4 saturated carbocycles. The fourth-order valence-electron chi connectivity index (χ4n) is 10.8. The highest BCUT2D eigenvalue weighted by Gasteiger charge is 2.71. The van der Waals surface area contributed by atoms with Crippen molar-refractivity contribution < 1.29 is 24.9 Å². The van der Waals surface area contributed by atoms with Crippen molar-refractivity contribution in [2.45, 2.75) is 112 Å². The summed E-state index contributed by atoms with van der Waals surface area (Å²) >= 11 is 0. The number of aliphatic hydroxyl groups excluding tert-OH is 1. The van der Waals surface area contributed by atoms with E-state index in [1.807, 2.05) is 20.8 Å². The van der Waals surface area contributed by atoms with Gasteiger partial charge < -0.3 is 15.3 Å². The number of allylic oxidation sites excluding steroid dienone is 2. The number of aliphatic carboxylic acids is 1. The van der Waals surface area contributed by atoms with E-state index in [4.69, 9.17) is 0 Å². The lowest BCUT2D eigenvalue weighted by atomic mass is 9.33. The van der Waals surface area contributed by atoms with Crippen LogP contribution >= 0.6 is 0 Å². The summed E-state index contributed by atoms with van der Waals surface area (Å²) in [7, 11) is 0. The van der Waals surface area contributed by atoms with E-state index < -0.39 is 28.5 Å². The van der Waals surface area contributed by atoms with Gasteiger partial charge in [0.2, 0.25) is 0 Å². The van der Waals surface area contributed by atoms with Crippen LogP contribution in [0.2, 0.25) is 0 Å². The van der Waals surface area contributed by atoms with Gasteiger partial charge in [-0.1, -0.05) is 53.2 Å². The topological polar surface area (TPSA) is 94.8 Å². The third kappa shape index (κ3) is 2.89. The van der Waals surface area contributed by atoms with Gasteiger partial charge >= 0.3 is 5.97 Å². The fraction of sp³-hybridized carbons (Fsp3) is 0.867. The van der Waals surface area contributed by atoms with E-state index >= 15 is 0 Å². The van der Waals surface area contributed by atoms with Crippen molar-refractivity contribution in [3.8, 4) is 0 Å². The number of hydrogen-bond acceptors (Lipinski definition) is 4. The molecule has 5 aliphatic rings. The Morgan fingerprint density at radius 3 is 2.23 bits per heavy atom. The maximum Gasteiger partial charge on any atom is 0.310 e. The lowest BCUT2D eigenvalue weighted by Gasteiger charge is -2.71. The Kier molecular flexibility index (Phi) is 5.25. The summed E-state index contributed by atoms with van der Waals surface area (Å²) in [5, 5.41) is 32.7. The van der Waals surface area contributed by atoms with Gasteiger partial charge in [-0.3, -0.25) is 9.59 Å². The fourth-order valence-corrected chi connectivity index (χ4v) is 10.8. The van der Waals surface area contributed by atoms with E-state index in [9.17, 15) is 24.9 Å². The van der Waals surface area contributed by atoms with Crippen molar-refractivity contribution in [1.82, 2.24) is 0 Å². The molecule has 0 aliphatic heterocycles. The summed E-state index contributed by atoms with van der Waals surface area (Å²) in [6.07, 6.45) is 7.34. The molecule has 35 heavy (non-hydrogen) atoms. The van der Waals surface area contributed by atoms with Crippen LogP contribution in [0.4, 0.5) is 0 Å². The van der Waals surface area contributed by atoms with Gasteiger partial charge in [-0.2, -0.15) is 0 Å². The third-order valence-electron chi connectivity index (χ3n) is 13.2. The highest BCUT2D eigenvalue weighted by Crippen LogP contribution is 2.75. The van der Waals surface area contributed by atoms with Gasteiger partial charge in [-0.25, -0.2) is 0 Å². The smallest absolute Gasteiger partial charge is 0.310 e. The second-order valence-electron chi connectivity index (χ2n) is 14.7. The lowest BCUT2D eigenvalue weighted by Crippen LogP contribution is -2.67. The summed E-state index contributed by atoms with van der Waals surface area (Å²) < 4.78 is 0. The molecule has 196 valence electrons. The van der Waals surface area contributed by atoms with E-state index in [1.165, 1.54) is 5.57 Å². The maximum absolute atomic E-state index is 13.0. The first kappa shape index (κ1) is 25.4. The van der Waals surface area contributed by atoms with Crippen LogP contribution in [0.25, 0.3) is 0 Å². The molecule has 5 rings (SSSR count). The molecule has 5 heteroatoms. The normalized spacial score (nSPS) is 55.1. The number of carbonyl (C=O) groups excluding carboxylic acids is 1. The molecule has 5 nitrogen and oxygen atoms in total. The molecular formula is C30H46O5. The van der Waals surface area contributed by atoms with Gasteiger partial charge in [0.15, 0.2) is 5.78 Å². The third-order valence-corrected chi connectivity index (χ3v) is 13.2. The molecule has 0 amide bonds. The Bertz CT molecular complexity index is 995. The van der Waals surface area contributed by atoms with Crippen LogP contribution in [0.3, 0.4) is 0 Å². The van der Waals surface area contributed by atoms with Crippen LogP contribution in [-0.4, -0.2) is 38.8 Å². The first-order valence-electron chi connectivity index (χ1n) is 13.9. The number of ketones is 1. The molecule has 10 unspecified atom stereocenters. The summed E-state index contributed by atoms with van der Waals surface area (Å²) in [6.45, 7) is 15.1. The van der Waals surface area contributed by atoms with Gasteiger partial charge in [0.05, 0.1) is 11.0 Å². The number of hydrogen-bond donors (Lipinski definition) is 3. The second-order valence-corrected chi connectivity index (χ2v) is 14.7. The number of aliphatic hydroxyl groups is 2. The Morgan fingerprint density at radius 2 is 1.60 bits per heavy atom. The van der Waals surface area contributed by atoms with E-state index in [1.54, 1.807) is 0 Å². The van der Waals surface area contributed by atoms with Crippen molar-refractivity contribution in [3.05, 3.63) is 11.6 Å². The van der Waals surface area contributed by atoms with Gasteiger partial charge in [-0.05, 0) is 92.3 Å². The maximum atomic E-state index is 13.0. The first-order chi connectivity index (χ1) is 16.0. The molecule has 4 fully saturated rings. The number of Topliss-reactive ketones (excluding diaryl/α,β-unsaturated/α-hetero) is 1. The second kappa shape index (κ2) is 7.22. The molecular weight excluding hydrogens is 440 g/mol. The van der Waals surface area contributed by atoms with Gasteiger partial charge in [0.1, 0.15) is 6.10 Å². The molecule has 0 saturated heterocycles. The van der Waals surface area contributed by atoms with Crippen LogP contribution in [-0.2, 0) is 9.59 Å². The molecule has 10 atom stereocenters. The lowest BCUT2D eigenvalue weighted by molar-refractivity contribution is -0.206. The largest absolute Gasteiger partial charge is 0.481 e. The predicted octanol–water partition coefficient (Wildman–Crippen LogP) is 5.38. The monoisotopic (exact) mass is 486 g/mol. The zero-order valence-corrected chi connectivity index (χ0v) is 22.8. The van der Waals surface area contributed by atoms with Crippen LogP contribution in [0.5, 0.6) is 0 Å². The molecule has 0 radical (unpaired) electrons. The minimum atomic E-state index is -0.911. The van der Waals surface area contributed by atoms with Gasteiger partial charge in [-0.15, -0.1) is 0 Å². The van der Waals surface area contributed by atoms with Gasteiger partial charge in [0.25, 0.3) is 0 Å². The van der Waals surface area contributed by atoms with Crippen molar-refractivity contribution >= 4 is 11.8 Å². The summed E-state index contributed by atoms with van der Waals surface area (Å²) in [4.78, 5) is 25.8. The Morgan fingerprint density at radius 1 is 0.971 bits per heavy atom. The Labute approximate surface area is 210 Å². The summed E-state index contributed by atoms with van der Waals surface area (Å²) in [6, 6.07) is 0. The molecule has 5 aliphatic carbocycles. The number of carbonyl (C=O) groups is 2. The number of rotatable bonds is 1. The first-order valence-corrected chi connectivity index (χ1v) is 13.9. The molecule has 0 bridgehead atoms. The predicted molar refractivity (Wildman–Crippen MR) is 134 cm³/mol. The molecule has 0 spiro atoms. The average molecular weight is 487 g/mol. The standard InChI is InChI=1S/C30H46O5/c1-17-22-18-8-9-21-26(4)16-19(31)23(32)25(2,3)20(26)10-11-28(21,6)27(18,5)12-14-30(22,24(33)34)15-13-29(17,7)35/h8,17,19-22,31,35H,9-16H2,1-7H3,(H,33,34). The summed E-state index contributed by atoms with van der Waals surface area (Å²) in [5.74, 6) is -0.450. The van der Waals surface area contributed by atoms with E-state index in [2.05, 4.69) is 33.8 Å². The average Bonchev–Trinajstić information content (AvgIpc) is 2.75. The van der Waals surface area contributed by atoms with Crippen LogP contribution in [0.1, 0.15) is 99.8 Å². The molecule has 3 N–H and O–H groups in total. The van der Waals surface area contributed by atoms with Crippen LogP contribution < -0.4 is 0 Å². The molecule has 0 heterocycles. The zero-order valence-electron chi connectivity index (χ0n) is 22.8. The number of fused-ring (bicyclic) bond motifs is 7. The number of carboxylic acid groups (broad SMARTS) is 1. The highest BCUT2D eigenvalue weighted by atomic mass is 16.4. The van der Waals surface area contributed by atoms with Crippen LogP contribution in [0, 0.1) is 50.7 Å². The minimum absolute atomic E-state index is 0.0102. The quantitative estimate of drug-likeness (QED) is 0.432. The van der Waals surface area contributed by atoms with E-state index in [-0.39, 0.29) is 39.8 Å². The highest BCUT2D eigenvalue weighted by molar-refractivity contribution is 5.89. The molecule has 0 aromatic rings. The minimum Gasteiger partial charge on any atom is -0.481 e. The summed E-state index contributed by atoms with van der Waals surface area (Å²) in [5.41, 5.74) is -1.31. The van der Waals surface area contributed by atoms with Crippen molar-refractivity contribution in [3.63, 3.8) is 0 Å². The van der Waals surface area contributed by atoms with E-state index in [0.29, 0.717) is 31.6 Å². The van der Waals surface area contributed by atoms with E-state index in [0.717, 1.165) is 25.7 Å². The van der Waals surface area contributed by atoms with Crippen LogP contribution in [0.15, 0.2) is 11.6 Å². The van der Waals surface area contributed by atoms with Crippen molar-refractivity contribution in [2.24, 2.45) is 50.7 Å². The Balaban J connectivity index is 1.64. The zero-order chi connectivity index (χ0) is 26.0. The van der Waals surface area contributed by atoms with Gasteiger partial charge in [0, 0.05) is 11.3 Å². The van der Waals surface area contributed by atoms with Crippen molar-refractivity contribution in [1.29, 1.82) is 0 Å². The SMILES string of the molecule is CC1C2C3=CCC4C5(C)CC(O)C(=O)C(C)(C)C5CCC4(C)C3(C)CCC2(C(=O)O)CCC1(C)O. The number of carboxylic acids is 1. The van der Waals surface area contributed by atoms with Crippen molar-refractivity contribution in [2.75, 3.05) is 0 Å².